The van der Waals surface area contributed by atoms with Crippen molar-refractivity contribution in [2.75, 3.05) is 31.4 Å². The molecule has 1 fully saturated rings. The molecule has 0 bridgehead atoms. The SMILES string of the molecule is COc1ccc(C2CCN(c3c(C#N)c(=O)n(C)c4cc(S(C)(=O)=O)ccc34)CC2)cc1. The number of fused-ring (bicyclic) bond motifs is 1. The topological polar surface area (TPSA) is 92.4 Å². The van der Waals surface area contributed by atoms with E-state index in [0.717, 1.165) is 24.8 Å². The Kier molecular flexibility index (Phi) is 5.70. The zero-order valence-corrected chi connectivity index (χ0v) is 19.1. The molecular formula is C24H25N3O4S. The third-order valence-corrected chi connectivity index (χ3v) is 7.39. The maximum Gasteiger partial charge on any atom is 0.270 e. The summed E-state index contributed by atoms with van der Waals surface area (Å²) >= 11 is 0. The number of sulfone groups is 1. The molecule has 2 heterocycles. The van der Waals surface area contributed by atoms with Gasteiger partial charge in [-0.05, 0) is 54.7 Å². The highest BCUT2D eigenvalue weighted by atomic mass is 32.2. The van der Waals surface area contributed by atoms with Crippen LogP contribution >= 0.6 is 0 Å². The van der Waals surface area contributed by atoms with Crippen molar-refractivity contribution in [2.45, 2.75) is 23.7 Å². The highest BCUT2D eigenvalue weighted by Gasteiger charge is 2.26. The molecule has 0 amide bonds. The van der Waals surface area contributed by atoms with Crippen molar-refractivity contribution in [3.05, 3.63) is 63.9 Å². The molecule has 1 saturated heterocycles. The summed E-state index contributed by atoms with van der Waals surface area (Å²) < 4.78 is 30.7. The summed E-state index contributed by atoms with van der Waals surface area (Å²) in [4.78, 5) is 15.2. The van der Waals surface area contributed by atoms with Gasteiger partial charge in [-0.15, -0.1) is 0 Å². The van der Waals surface area contributed by atoms with E-state index < -0.39 is 15.4 Å². The molecule has 0 unspecified atom stereocenters. The van der Waals surface area contributed by atoms with Crippen LogP contribution in [0.2, 0.25) is 0 Å². The third-order valence-electron chi connectivity index (χ3n) is 6.28. The van der Waals surface area contributed by atoms with Gasteiger partial charge >= 0.3 is 0 Å². The van der Waals surface area contributed by atoms with Crippen molar-refractivity contribution in [1.82, 2.24) is 4.57 Å². The van der Waals surface area contributed by atoms with Crippen LogP contribution in [0.15, 0.2) is 52.2 Å². The van der Waals surface area contributed by atoms with Crippen molar-refractivity contribution >= 4 is 26.4 Å². The van der Waals surface area contributed by atoms with Gasteiger partial charge in [0.15, 0.2) is 9.84 Å². The van der Waals surface area contributed by atoms with E-state index in [2.05, 4.69) is 23.1 Å². The number of piperidine rings is 1. The van der Waals surface area contributed by atoms with Crippen molar-refractivity contribution in [2.24, 2.45) is 7.05 Å². The van der Waals surface area contributed by atoms with Gasteiger partial charge in [0, 0.05) is 31.8 Å². The minimum atomic E-state index is -3.42. The first kappa shape index (κ1) is 21.9. The molecule has 7 nitrogen and oxygen atoms in total. The molecule has 0 spiro atoms. The molecule has 8 heteroatoms. The predicted octanol–water partition coefficient (Wildman–Crippen LogP) is 3.21. The molecule has 32 heavy (non-hydrogen) atoms. The largest absolute Gasteiger partial charge is 0.497 e. The summed E-state index contributed by atoms with van der Waals surface area (Å²) in [6.07, 6.45) is 2.91. The van der Waals surface area contributed by atoms with Gasteiger partial charge in [0.2, 0.25) is 0 Å². The number of hydrogen-bond donors (Lipinski definition) is 0. The third kappa shape index (κ3) is 3.84. The first-order valence-corrected chi connectivity index (χ1v) is 12.3. The molecule has 0 N–H and O–H groups in total. The number of rotatable bonds is 4. The van der Waals surface area contributed by atoms with Crippen LogP contribution in [0.1, 0.15) is 29.9 Å². The van der Waals surface area contributed by atoms with Gasteiger partial charge in [-0.3, -0.25) is 4.79 Å². The summed E-state index contributed by atoms with van der Waals surface area (Å²) in [5, 5.41) is 10.5. The zero-order chi connectivity index (χ0) is 23.0. The molecule has 1 aliphatic rings. The molecule has 0 atom stereocenters. The summed E-state index contributed by atoms with van der Waals surface area (Å²) in [5.41, 5.74) is 2.02. The Hall–Kier alpha value is -3.31. The number of hydrogen-bond acceptors (Lipinski definition) is 6. The average Bonchev–Trinajstić information content (AvgIpc) is 2.80. The normalized spacial score (nSPS) is 15.0. The van der Waals surface area contributed by atoms with Gasteiger partial charge < -0.3 is 14.2 Å². The molecule has 0 radical (unpaired) electrons. The Morgan fingerprint density at radius 3 is 2.31 bits per heavy atom. The highest BCUT2D eigenvalue weighted by molar-refractivity contribution is 7.90. The van der Waals surface area contributed by atoms with Gasteiger partial charge in [-0.2, -0.15) is 5.26 Å². The minimum Gasteiger partial charge on any atom is -0.497 e. The number of anilines is 1. The molecular weight excluding hydrogens is 426 g/mol. The summed E-state index contributed by atoms with van der Waals surface area (Å²) in [5.74, 6) is 1.21. The first-order chi connectivity index (χ1) is 15.2. The average molecular weight is 452 g/mol. The molecule has 2 aromatic carbocycles. The smallest absolute Gasteiger partial charge is 0.270 e. The maximum absolute atomic E-state index is 12.9. The Balaban J connectivity index is 1.73. The molecule has 1 aliphatic heterocycles. The molecule has 1 aromatic heterocycles. The Labute approximate surface area is 187 Å². The molecule has 0 saturated carbocycles. The predicted molar refractivity (Wildman–Crippen MR) is 124 cm³/mol. The van der Waals surface area contributed by atoms with Crippen molar-refractivity contribution in [1.29, 1.82) is 5.26 Å². The standard InChI is InChI=1S/C24H25N3O4S/c1-26-22-14-19(32(3,29)30)8-9-20(22)23(21(15-25)24(26)28)27-12-10-17(11-13-27)16-4-6-18(31-2)7-5-16/h4-9,14,17H,10-13H2,1-3H3. The van der Waals surface area contributed by atoms with Crippen LogP contribution < -0.4 is 15.2 Å². The number of pyridine rings is 1. The van der Waals surface area contributed by atoms with E-state index >= 15 is 0 Å². The monoisotopic (exact) mass is 451 g/mol. The van der Waals surface area contributed by atoms with Gasteiger partial charge in [0.05, 0.1) is 23.2 Å². The van der Waals surface area contributed by atoms with Gasteiger partial charge in [0.25, 0.3) is 5.56 Å². The van der Waals surface area contributed by atoms with Crippen LogP contribution in [0.25, 0.3) is 10.9 Å². The number of ether oxygens (including phenoxy) is 1. The van der Waals surface area contributed by atoms with E-state index in [0.29, 0.717) is 35.6 Å². The highest BCUT2D eigenvalue weighted by Crippen LogP contribution is 2.35. The maximum atomic E-state index is 12.9. The van der Waals surface area contributed by atoms with E-state index in [1.165, 1.54) is 22.3 Å². The fourth-order valence-corrected chi connectivity index (χ4v) is 5.12. The van der Waals surface area contributed by atoms with Crippen molar-refractivity contribution in [3.8, 4) is 11.8 Å². The second kappa shape index (κ2) is 8.32. The summed E-state index contributed by atoms with van der Waals surface area (Å²) in [6.45, 7) is 1.39. The fourth-order valence-electron chi connectivity index (χ4n) is 4.47. The van der Waals surface area contributed by atoms with Crippen molar-refractivity contribution < 1.29 is 13.2 Å². The first-order valence-electron chi connectivity index (χ1n) is 10.4. The lowest BCUT2D eigenvalue weighted by atomic mass is 9.89. The lowest BCUT2D eigenvalue weighted by Gasteiger charge is -2.35. The fraction of sp³-hybridized carbons (Fsp3) is 0.333. The van der Waals surface area contributed by atoms with Crippen LogP contribution in [-0.4, -0.2) is 39.4 Å². The van der Waals surface area contributed by atoms with E-state index in [-0.39, 0.29) is 10.5 Å². The Morgan fingerprint density at radius 1 is 1.09 bits per heavy atom. The van der Waals surface area contributed by atoms with E-state index in [9.17, 15) is 18.5 Å². The number of aryl methyl sites for hydroxylation is 1. The lowest BCUT2D eigenvalue weighted by molar-refractivity contribution is 0.414. The van der Waals surface area contributed by atoms with Crippen LogP contribution in [0.3, 0.4) is 0 Å². The Bertz CT molecular complexity index is 1380. The second-order valence-electron chi connectivity index (χ2n) is 8.19. The number of aromatic nitrogens is 1. The lowest BCUT2D eigenvalue weighted by Crippen LogP contribution is -2.35. The van der Waals surface area contributed by atoms with Gasteiger partial charge in [-0.1, -0.05) is 12.1 Å². The number of methoxy groups -OCH3 is 1. The van der Waals surface area contributed by atoms with E-state index in [4.69, 9.17) is 4.74 Å². The molecule has 4 rings (SSSR count). The second-order valence-corrected chi connectivity index (χ2v) is 10.2. The van der Waals surface area contributed by atoms with Crippen molar-refractivity contribution in [3.63, 3.8) is 0 Å². The number of benzene rings is 2. The summed E-state index contributed by atoms with van der Waals surface area (Å²) in [6, 6.07) is 14.9. The molecule has 166 valence electrons. The summed E-state index contributed by atoms with van der Waals surface area (Å²) in [7, 11) is -0.210. The van der Waals surface area contributed by atoms with Crippen LogP contribution in [0, 0.1) is 11.3 Å². The van der Waals surface area contributed by atoms with E-state index in [1.54, 1.807) is 20.2 Å². The quantitative estimate of drug-likeness (QED) is 0.605. The zero-order valence-electron chi connectivity index (χ0n) is 18.3. The number of nitrogens with zero attached hydrogens (tertiary/aromatic N) is 3. The van der Waals surface area contributed by atoms with Gasteiger partial charge in [-0.25, -0.2) is 8.42 Å². The van der Waals surface area contributed by atoms with Crippen LogP contribution in [0.5, 0.6) is 5.75 Å². The minimum absolute atomic E-state index is 0.0926. The van der Waals surface area contributed by atoms with Crippen LogP contribution in [0.4, 0.5) is 5.69 Å². The molecule has 3 aromatic rings. The van der Waals surface area contributed by atoms with E-state index in [1.807, 2.05) is 12.1 Å². The Morgan fingerprint density at radius 2 is 1.75 bits per heavy atom. The van der Waals surface area contributed by atoms with Gasteiger partial charge in [0.1, 0.15) is 17.4 Å². The van der Waals surface area contributed by atoms with Crippen LogP contribution in [-0.2, 0) is 16.9 Å². The molecule has 0 aliphatic carbocycles. The number of nitriles is 1.